The van der Waals surface area contributed by atoms with Crippen molar-refractivity contribution in [3.8, 4) is 5.82 Å². The van der Waals surface area contributed by atoms with E-state index in [2.05, 4.69) is 25.6 Å². The highest BCUT2D eigenvalue weighted by Gasteiger charge is 2.00. The summed E-state index contributed by atoms with van der Waals surface area (Å²) in [6.45, 7) is 4.76. The van der Waals surface area contributed by atoms with Crippen molar-refractivity contribution in [2.75, 3.05) is 26.8 Å². The van der Waals surface area contributed by atoms with E-state index < -0.39 is 0 Å². The highest BCUT2D eigenvalue weighted by molar-refractivity contribution is 5.79. The maximum atomic E-state index is 5.28. The number of hydrogen-bond acceptors (Lipinski definition) is 4. The lowest BCUT2D eigenvalue weighted by Crippen LogP contribution is -2.38. The van der Waals surface area contributed by atoms with Gasteiger partial charge in [0.25, 0.3) is 0 Å². The molecule has 0 fully saturated rings. The monoisotopic (exact) mass is 302 g/mol. The van der Waals surface area contributed by atoms with E-state index in [1.54, 1.807) is 19.6 Å². The fourth-order valence-corrected chi connectivity index (χ4v) is 1.86. The Kier molecular flexibility index (Phi) is 6.38. The summed E-state index contributed by atoms with van der Waals surface area (Å²) >= 11 is 0. The third kappa shape index (κ3) is 4.85. The van der Waals surface area contributed by atoms with Crippen LogP contribution in [0.15, 0.2) is 42.0 Å². The predicted octanol–water partition coefficient (Wildman–Crippen LogP) is 0.969. The van der Waals surface area contributed by atoms with Crippen LogP contribution in [0, 0.1) is 0 Å². The zero-order chi connectivity index (χ0) is 15.6. The van der Waals surface area contributed by atoms with E-state index in [0.717, 1.165) is 30.5 Å². The lowest BCUT2D eigenvalue weighted by molar-refractivity contribution is 0.152. The first-order chi connectivity index (χ1) is 10.8. The number of rotatable bonds is 7. The number of imidazole rings is 1. The molecule has 0 spiro atoms. The molecule has 0 atom stereocenters. The molecule has 2 rings (SSSR count). The third-order valence-electron chi connectivity index (χ3n) is 3.00. The van der Waals surface area contributed by atoms with Crippen molar-refractivity contribution < 1.29 is 4.74 Å². The van der Waals surface area contributed by atoms with E-state index in [-0.39, 0.29) is 0 Å². The number of hydrogen-bond donors (Lipinski definition) is 2. The van der Waals surface area contributed by atoms with Crippen LogP contribution < -0.4 is 10.6 Å². The van der Waals surface area contributed by atoms with E-state index in [4.69, 9.17) is 4.74 Å². The number of pyridine rings is 1. The molecule has 2 aromatic rings. The lowest BCUT2D eigenvalue weighted by atomic mass is 10.3. The Bertz CT molecular complexity index is 564. The third-order valence-corrected chi connectivity index (χ3v) is 3.00. The number of nitrogens with zero attached hydrogens (tertiary/aromatic N) is 4. The van der Waals surface area contributed by atoms with Gasteiger partial charge in [-0.25, -0.2) is 9.97 Å². The zero-order valence-electron chi connectivity index (χ0n) is 13.0. The molecule has 0 unspecified atom stereocenters. The van der Waals surface area contributed by atoms with Gasteiger partial charge in [-0.1, -0.05) is 6.07 Å². The molecule has 0 saturated carbocycles. The van der Waals surface area contributed by atoms with Crippen molar-refractivity contribution >= 4 is 5.96 Å². The summed E-state index contributed by atoms with van der Waals surface area (Å²) < 4.78 is 7.14. The van der Waals surface area contributed by atoms with Gasteiger partial charge in [-0.05, 0) is 18.6 Å². The van der Waals surface area contributed by atoms with Gasteiger partial charge >= 0.3 is 0 Å². The molecule has 2 heterocycles. The number of aliphatic imine (C=N–C) groups is 1. The van der Waals surface area contributed by atoms with Gasteiger partial charge in [0.1, 0.15) is 12.1 Å². The van der Waals surface area contributed by atoms with Gasteiger partial charge in [0.2, 0.25) is 0 Å². The SMILES string of the molecule is CCOCCNC(=NC)NCc1ccc(-n2ccnc2)nc1. The van der Waals surface area contributed by atoms with Crippen LogP contribution in [0.1, 0.15) is 12.5 Å². The maximum absolute atomic E-state index is 5.28. The van der Waals surface area contributed by atoms with Gasteiger partial charge in [-0.2, -0.15) is 0 Å². The van der Waals surface area contributed by atoms with Gasteiger partial charge in [-0.15, -0.1) is 0 Å². The minimum absolute atomic E-state index is 0.658. The molecule has 0 saturated heterocycles. The summed E-state index contributed by atoms with van der Waals surface area (Å²) in [5, 5.41) is 6.43. The molecule has 0 aliphatic heterocycles. The Morgan fingerprint density at radius 1 is 1.36 bits per heavy atom. The summed E-state index contributed by atoms with van der Waals surface area (Å²) in [6, 6.07) is 3.99. The van der Waals surface area contributed by atoms with Crippen molar-refractivity contribution in [3.63, 3.8) is 0 Å². The van der Waals surface area contributed by atoms with Gasteiger partial charge in [0.05, 0.1) is 6.61 Å². The molecular weight excluding hydrogens is 280 g/mol. The molecule has 0 radical (unpaired) electrons. The second kappa shape index (κ2) is 8.78. The van der Waals surface area contributed by atoms with Crippen LogP contribution in [0.3, 0.4) is 0 Å². The molecule has 2 aromatic heterocycles. The van der Waals surface area contributed by atoms with E-state index in [9.17, 15) is 0 Å². The highest BCUT2D eigenvalue weighted by atomic mass is 16.5. The fraction of sp³-hybridized carbons (Fsp3) is 0.400. The number of aromatic nitrogens is 3. The quantitative estimate of drug-likeness (QED) is 0.453. The highest BCUT2D eigenvalue weighted by Crippen LogP contribution is 2.05. The fourth-order valence-electron chi connectivity index (χ4n) is 1.86. The van der Waals surface area contributed by atoms with Gasteiger partial charge in [0.15, 0.2) is 5.96 Å². The molecule has 0 aliphatic carbocycles. The van der Waals surface area contributed by atoms with E-state index in [0.29, 0.717) is 13.2 Å². The largest absolute Gasteiger partial charge is 0.380 e. The number of ether oxygens (including phenoxy) is 1. The molecule has 0 amide bonds. The van der Waals surface area contributed by atoms with Crippen LogP contribution in [-0.2, 0) is 11.3 Å². The predicted molar refractivity (Wildman–Crippen MR) is 86.1 cm³/mol. The van der Waals surface area contributed by atoms with E-state index in [1.165, 1.54) is 0 Å². The minimum atomic E-state index is 0.658. The Balaban J connectivity index is 1.80. The van der Waals surface area contributed by atoms with E-state index >= 15 is 0 Å². The topological polar surface area (TPSA) is 76.4 Å². The van der Waals surface area contributed by atoms with Crippen LogP contribution in [0.4, 0.5) is 0 Å². The molecule has 0 aromatic carbocycles. The van der Waals surface area contributed by atoms with Crippen molar-refractivity contribution in [3.05, 3.63) is 42.6 Å². The zero-order valence-corrected chi connectivity index (χ0v) is 13.0. The molecule has 7 heteroatoms. The second-order valence-corrected chi connectivity index (χ2v) is 4.54. The molecule has 118 valence electrons. The van der Waals surface area contributed by atoms with Crippen LogP contribution >= 0.6 is 0 Å². The van der Waals surface area contributed by atoms with Crippen molar-refractivity contribution in [2.45, 2.75) is 13.5 Å². The van der Waals surface area contributed by atoms with Crippen LogP contribution in [0.2, 0.25) is 0 Å². The maximum Gasteiger partial charge on any atom is 0.191 e. The average Bonchev–Trinajstić information content (AvgIpc) is 3.09. The van der Waals surface area contributed by atoms with Gasteiger partial charge < -0.3 is 15.4 Å². The molecule has 7 nitrogen and oxygen atoms in total. The first kappa shape index (κ1) is 16.0. The first-order valence-electron chi connectivity index (χ1n) is 7.29. The summed E-state index contributed by atoms with van der Waals surface area (Å²) in [6.07, 6.45) is 7.17. The Morgan fingerprint density at radius 3 is 2.91 bits per heavy atom. The van der Waals surface area contributed by atoms with Crippen molar-refractivity contribution in [1.82, 2.24) is 25.2 Å². The van der Waals surface area contributed by atoms with Crippen LogP contribution in [0.5, 0.6) is 0 Å². The van der Waals surface area contributed by atoms with Gasteiger partial charge in [-0.3, -0.25) is 9.56 Å². The summed E-state index contributed by atoms with van der Waals surface area (Å²) in [5.74, 6) is 1.60. The Hall–Kier alpha value is -2.41. The second-order valence-electron chi connectivity index (χ2n) is 4.54. The molecule has 0 bridgehead atoms. The summed E-state index contributed by atoms with van der Waals surface area (Å²) in [5.41, 5.74) is 1.08. The number of nitrogens with one attached hydrogen (secondary N) is 2. The molecule has 22 heavy (non-hydrogen) atoms. The Morgan fingerprint density at radius 2 is 2.27 bits per heavy atom. The Labute approximate surface area is 130 Å². The normalized spacial score (nSPS) is 11.5. The first-order valence-corrected chi connectivity index (χ1v) is 7.29. The number of guanidine groups is 1. The smallest absolute Gasteiger partial charge is 0.191 e. The summed E-state index contributed by atoms with van der Waals surface area (Å²) in [4.78, 5) is 12.6. The van der Waals surface area contributed by atoms with Crippen LogP contribution in [0.25, 0.3) is 5.82 Å². The minimum Gasteiger partial charge on any atom is -0.380 e. The molecule has 0 aliphatic rings. The van der Waals surface area contributed by atoms with Crippen LogP contribution in [-0.4, -0.2) is 47.3 Å². The lowest BCUT2D eigenvalue weighted by Gasteiger charge is -2.12. The van der Waals surface area contributed by atoms with E-state index in [1.807, 2.05) is 36.0 Å². The summed E-state index contributed by atoms with van der Waals surface area (Å²) in [7, 11) is 1.75. The van der Waals surface area contributed by atoms with Crippen molar-refractivity contribution in [1.29, 1.82) is 0 Å². The molecule has 2 N–H and O–H groups in total. The standard InChI is InChI=1S/C15H22N6O/c1-3-22-9-7-18-15(16-2)20-11-13-4-5-14(19-10-13)21-8-6-17-12-21/h4-6,8,10,12H,3,7,9,11H2,1-2H3,(H2,16,18,20). The van der Waals surface area contributed by atoms with Gasteiger partial charge in [0, 0.05) is 45.3 Å². The molecular formula is C15H22N6O. The average molecular weight is 302 g/mol. The van der Waals surface area contributed by atoms with Crippen molar-refractivity contribution in [2.24, 2.45) is 4.99 Å².